The van der Waals surface area contributed by atoms with Crippen LogP contribution in [0.15, 0.2) is 4.99 Å². The van der Waals surface area contributed by atoms with Crippen LogP contribution in [0.2, 0.25) is 0 Å². The number of likely N-dealkylation sites (N-methyl/N-ethyl adjacent to an activating group) is 1. The Bertz CT molecular complexity index is 487. The van der Waals surface area contributed by atoms with Crippen LogP contribution < -0.4 is 10.0 Å². The van der Waals surface area contributed by atoms with Gasteiger partial charge in [0.15, 0.2) is 5.96 Å². The number of rotatable bonds is 10. The molecule has 1 fully saturated rings. The van der Waals surface area contributed by atoms with Gasteiger partial charge in [0.25, 0.3) is 0 Å². The molecule has 0 atom stereocenters. The van der Waals surface area contributed by atoms with Crippen molar-refractivity contribution in [2.24, 2.45) is 10.9 Å². The Hall–Kier alpha value is -0.860. The number of hydrogen-bond donors (Lipinski definition) is 2. The first-order chi connectivity index (χ1) is 10.6. The van der Waals surface area contributed by atoms with Gasteiger partial charge in [-0.25, -0.2) is 13.1 Å². The monoisotopic (exact) mass is 348 g/mol. The molecule has 0 saturated heterocycles. The summed E-state index contributed by atoms with van der Waals surface area (Å²) in [6, 6.07) is 0. The second-order valence-electron chi connectivity index (χ2n) is 6.87. The van der Waals surface area contributed by atoms with E-state index in [-0.39, 0.29) is 0 Å². The molecule has 0 unspecified atom stereocenters. The fourth-order valence-corrected chi connectivity index (χ4v) is 3.19. The van der Waals surface area contributed by atoms with Gasteiger partial charge < -0.3 is 15.0 Å². The molecule has 0 spiro atoms. The minimum Gasteiger partial charge on any atom is -0.379 e. The third-order valence-corrected chi connectivity index (χ3v) is 4.33. The summed E-state index contributed by atoms with van der Waals surface area (Å²) in [6.07, 6.45) is 3.75. The maximum absolute atomic E-state index is 11.4. The first-order valence-corrected chi connectivity index (χ1v) is 10.1. The highest BCUT2D eigenvalue weighted by Gasteiger charge is 2.23. The largest absolute Gasteiger partial charge is 0.379 e. The molecule has 0 heterocycles. The lowest BCUT2D eigenvalue weighted by Gasteiger charge is -2.26. The fourth-order valence-electron chi connectivity index (χ4n) is 2.12. The van der Waals surface area contributed by atoms with E-state index in [1.54, 1.807) is 0 Å². The molecule has 23 heavy (non-hydrogen) atoms. The van der Waals surface area contributed by atoms with Crippen molar-refractivity contribution >= 4 is 16.0 Å². The quantitative estimate of drug-likeness (QED) is 0.344. The zero-order valence-corrected chi connectivity index (χ0v) is 15.9. The Morgan fingerprint density at radius 1 is 1.39 bits per heavy atom. The number of nitrogens with one attached hydrogen (secondary N) is 2. The molecular weight excluding hydrogens is 316 g/mol. The molecule has 1 rings (SSSR count). The topological polar surface area (TPSA) is 83.0 Å². The molecule has 8 heteroatoms. The number of guanidine groups is 1. The number of sulfonamides is 1. The van der Waals surface area contributed by atoms with E-state index in [1.165, 1.54) is 12.8 Å². The first kappa shape index (κ1) is 20.2. The molecule has 136 valence electrons. The van der Waals surface area contributed by atoms with Crippen LogP contribution in [0.5, 0.6) is 0 Å². The van der Waals surface area contributed by atoms with Crippen molar-refractivity contribution in [3.63, 3.8) is 0 Å². The molecule has 1 saturated carbocycles. The first-order valence-electron chi connectivity index (χ1n) is 8.19. The molecular formula is C15H32N4O3S. The number of nitrogens with zero attached hydrogens (tertiary/aromatic N) is 2. The fraction of sp³-hybridized carbons (Fsp3) is 0.933. The number of hydrogen-bond acceptors (Lipinski definition) is 4. The summed E-state index contributed by atoms with van der Waals surface area (Å²) in [5.74, 6) is 1.52. The van der Waals surface area contributed by atoms with Gasteiger partial charge in [-0.05, 0) is 39.5 Å². The summed E-state index contributed by atoms with van der Waals surface area (Å²) >= 11 is 0. The minimum atomic E-state index is -3.26. The third-order valence-electron chi connectivity index (χ3n) is 3.40. The third kappa shape index (κ3) is 9.78. The molecule has 1 aliphatic carbocycles. The van der Waals surface area contributed by atoms with Gasteiger partial charge in [0.1, 0.15) is 0 Å². The molecule has 0 radical (unpaired) electrons. The van der Waals surface area contributed by atoms with E-state index in [1.807, 2.05) is 32.7 Å². The van der Waals surface area contributed by atoms with Crippen molar-refractivity contribution in [3.05, 3.63) is 0 Å². The number of ether oxygens (including phenoxy) is 1. The maximum atomic E-state index is 11.4. The molecule has 7 nitrogen and oxygen atoms in total. The Labute approximate surface area is 140 Å². The lowest BCUT2D eigenvalue weighted by atomic mass is 10.1. The normalized spacial score (nSPS) is 16.5. The Balaban J connectivity index is 2.49. The smallest absolute Gasteiger partial charge is 0.209 e. The zero-order chi connectivity index (χ0) is 17.5. The van der Waals surface area contributed by atoms with Crippen LogP contribution in [-0.2, 0) is 14.8 Å². The van der Waals surface area contributed by atoms with E-state index < -0.39 is 15.6 Å². The Morgan fingerprint density at radius 2 is 2.04 bits per heavy atom. The van der Waals surface area contributed by atoms with Crippen LogP contribution in [0.1, 0.15) is 33.6 Å². The van der Waals surface area contributed by atoms with Crippen molar-refractivity contribution in [2.75, 3.05) is 46.2 Å². The van der Waals surface area contributed by atoms with E-state index in [2.05, 4.69) is 15.0 Å². The van der Waals surface area contributed by atoms with Crippen molar-refractivity contribution in [3.8, 4) is 0 Å². The average molecular weight is 349 g/mol. The summed E-state index contributed by atoms with van der Waals surface area (Å²) < 4.78 is 31.0. The highest BCUT2D eigenvalue weighted by molar-refractivity contribution is 7.88. The van der Waals surface area contributed by atoms with Crippen LogP contribution in [0.3, 0.4) is 0 Å². The Kier molecular flexibility index (Phi) is 7.76. The van der Waals surface area contributed by atoms with Gasteiger partial charge >= 0.3 is 0 Å². The summed E-state index contributed by atoms with van der Waals surface area (Å²) in [5, 5.41) is 3.22. The Morgan fingerprint density at radius 3 is 2.57 bits per heavy atom. The summed E-state index contributed by atoms with van der Waals surface area (Å²) in [6.45, 7) is 9.03. The van der Waals surface area contributed by atoms with Gasteiger partial charge in [-0.15, -0.1) is 0 Å². The molecule has 0 aliphatic heterocycles. The molecule has 1 aliphatic rings. The molecule has 2 N–H and O–H groups in total. The molecule has 0 bridgehead atoms. The molecule has 0 amide bonds. The van der Waals surface area contributed by atoms with Gasteiger partial charge in [0, 0.05) is 32.3 Å². The van der Waals surface area contributed by atoms with Gasteiger partial charge in [0.2, 0.25) is 10.0 Å². The van der Waals surface area contributed by atoms with Crippen LogP contribution in [0.4, 0.5) is 0 Å². The second-order valence-corrected chi connectivity index (χ2v) is 8.62. The van der Waals surface area contributed by atoms with Crippen LogP contribution in [0, 0.1) is 5.92 Å². The van der Waals surface area contributed by atoms with Gasteiger partial charge in [-0.1, -0.05) is 0 Å². The van der Waals surface area contributed by atoms with Crippen molar-refractivity contribution in [1.29, 1.82) is 0 Å². The van der Waals surface area contributed by atoms with Crippen molar-refractivity contribution in [2.45, 2.75) is 39.2 Å². The lowest BCUT2D eigenvalue weighted by molar-refractivity contribution is 0.115. The van der Waals surface area contributed by atoms with E-state index in [0.29, 0.717) is 13.2 Å². The van der Waals surface area contributed by atoms with Gasteiger partial charge in [0.05, 0.1) is 19.4 Å². The SMILES string of the molecule is CCNC(=NCC(C)(C)NS(C)(=O)=O)N(C)CCOCC1CC1. The van der Waals surface area contributed by atoms with E-state index in [0.717, 1.165) is 37.8 Å². The number of aliphatic imine (C=N–C) groups is 1. The minimum absolute atomic E-state index is 0.357. The average Bonchev–Trinajstić information content (AvgIpc) is 3.20. The van der Waals surface area contributed by atoms with Gasteiger partial charge in [-0.2, -0.15) is 0 Å². The van der Waals surface area contributed by atoms with Crippen molar-refractivity contribution in [1.82, 2.24) is 14.9 Å². The highest BCUT2D eigenvalue weighted by atomic mass is 32.2. The van der Waals surface area contributed by atoms with Crippen LogP contribution in [0.25, 0.3) is 0 Å². The van der Waals surface area contributed by atoms with Gasteiger partial charge in [-0.3, -0.25) is 4.99 Å². The van der Waals surface area contributed by atoms with Crippen molar-refractivity contribution < 1.29 is 13.2 Å². The molecule has 0 aromatic heterocycles. The summed E-state index contributed by atoms with van der Waals surface area (Å²) in [7, 11) is -1.30. The predicted molar refractivity (Wildman–Crippen MR) is 94.2 cm³/mol. The molecule has 0 aromatic rings. The van der Waals surface area contributed by atoms with E-state index in [4.69, 9.17) is 4.74 Å². The predicted octanol–water partition coefficient (Wildman–Crippen LogP) is 0.638. The summed E-state index contributed by atoms with van der Waals surface area (Å²) in [5.41, 5.74) is -0.627. The maximum Gasteiger partial charge on any atom is 0.209 e. The van der Waals surface area contributed by atoms with E-state index in [9.17, 15) is 8.42 Å². The zero-order valence-electron chi connectivity index (χ0n) is 15.1. The highest BCUT2D eigenvalue weighted by Crippen LogP contribution is 2.28. The summed E-state index contributed by atoms with van der Waals surface area (Å²) in [4.78, 5) is 6.55. The second kappa shape index (κ2) is 8.84. The van der Waals surface area contributed by atoms with Crippen LogP contribution in [-0.4, -0.2) is 71.0 Å². The van der Waals surface area contributed by atoms with E-state index >= 15 is 0 Å². The lowest BCUT2D eigenvalue weighted by Crippen LogP contribution is -2.47. The molecule has 0 aromatic carbocycles. The standard InChI is InChI=1S/C15H32N4O3S/c1-6-16-14(17-12-15(2,3)18-23(5,20)21)19(4)9-10-22-11-13-7-8-13/h13,18H,6-12H2,1-5H3,(H,16,17). The van der Waals surface area contributed by atoms with Crippen LogP contribution >= 0.6 is 0 Å².